The topological polar surface area (TPSA) is 127 Å². The van der Waals surface area contributed by atoms with Crippen LogP contribution in [-0.2, 0) is 20.7 Å². The number of hydrogen-bond donors (Lipinski definition) is 4. The van der Waals surface area contributed by atoms with Crippen LogP contribution < -0.4 is 11.5 Å². The Morgan fingerprint density at radius 3 is 2.25 bits per heavy atom. The summed E-state index contributed by atoms with van der Waals surface area (Å²) in [5.41, 5.74) is 11.9. The number of aliphatic hydroxyl groups excluding tert-OH is 2. The first-order valence-electron chi connectivity index (χ1n) is 10.7. The molecule has 0 spiro atoms. The van der Waals surface area contributed by atoms with Gasteiger partial charge in [-0.05, 0) is 66.8 Å². The lowest BCUT2D eigenvalue weighted by molar-refractivity contribution is -0.137. The van der Waals surface area contributed by atoms with Gasteiger partial charge in [0.25, 0.3) is 0 Å². The van der Waals surface area contributed by atoms with E-state index in [0.717, 1.165) is 5.56 Å². The fraction of sp³-hybridized carbons (Fsp3) is 0.417. The van der Waals surface area contributed by atoms with Crippen LogP contribution in [0.3, 0.4) is 0 Å². The van der Waals surface area contributed by atoms with Gasteiger partial charge in [-0.3, -0.25) is 9.59 Å². The van der Waals surface area contributed by atoms with E-state index in [-0.39, 0.29) is 18.8 Å². The first kappa shape index (κ1) is 23.4. The molecule has 0 aliphatic heterocycles. The van der Waals surface area contributed by atoms with Gasteiger partial charge in [-0.25, -0.2) is 0 Å². The van der Waals surface area contributed by atoms with Crippen molar-refractivity contribution in [3.8, 4) is 0 Å². The lowest BCUT2D eigenvalue weighted by Gasteiger charge is -2.40. The maximum Gasteiger partial charge on any atom is 0.185 e. The predicted octanol–water partition coefficient (Wildman–Crippen LogP) is 2.92. The molecule has 1 unspecified atom stereocenters. The van der Waals surface area contributed by atoms with Crippen LogP contribution in [-0.4, -0.2) is 34.0 Å². The molecule has 0 saturated heterocycles. The van der Waals surface area contributed by atoms with E-state index < -0.39 is 34.9 Å². The summed E-state index contributed by atoms with van der Waals surface area (Å²) in [5, 5.41) is 21.4. The van der Waals surface area contributed by atoms with Crippen LogP contribution in [0.5, 0.6) is 0 Å². The van der Waals surface area contributed by atoms with Crippen molar-refractivity contribution >= 4 is 34.8 Å². The third-order valence-corrected chi connectivity index (χ3v) is 7.57. The van der Waals surface area contributed by atoms with E-state index in [1.165, 1.54) is 0 Å². The third-order valence-electron chi connectivity index (χ3n) is 6.91. The Kier molecular flexibility index (Phi) is 6.22. The standard InChI is InChI=1S/C24H26Cl2N2O4/c25-17-5-2-1-4-15(17)24(28)12-14(11-20(30)22(24)32)13-7-8-18(26)16(10-13)23(27)9-3-6-19(29)21(23)31/h1-2,4-5,7-8,10,14,19-20,29-30H,3,6,9,11-12,27-28H2/t14?,19-,20+,23+,24-/m1/s1. The van der Waals surface area contributed by atoms with Gasteiger partial charge in [0, 0.05) is 10.0 Å². The van der Waals surface area contributed by atoms with Crippen molar-refractivity contribution in [3.63, 3.8) is 0 Å². The maximum absolute atomic E-state index is 12.9. The van der Waals surface area contributed by atoms with Gasteiger partial charge in [0.2, 0.25) is 0 Å². The molecule has 2 saturated carbocycles. The monoisotopic (exact) mass is 476 g/mol. The molecule has 0 amide bonds. The highest BCUT2D eigenvalue weighted by Gasteiger charge is 2.48. The van der Waals surface area contributed by atoms with Crippen LogP contribution in [0.15, 0.2) is 42.5 Å². The molecule has 32 heavy (non-hydrogen) atoms. The van der Waals surface area contributed by atoms with E-state index in [1.807, 2.05) is 0 Å². The molecule has 5 atom stereocenters. The smallest absolute Gasteiger partial charge is 0.185 e. The molecular weight excluding hydrogens is 451 g/mol. The second kappa shape index (κ2) is 8.52. The first-order chi connectivity index (χ1) is 15.1. The van der Waals surface area contributed by atoms with Crippen molar-refractivity contribution in [2.24, 2.45) is 11.5 Å². The van der Waals surface area contributed by atoms with Crippen LogP contribution in [0.4, 0.5) is 0 Å². The molecule has 4 rings (SSSR count). The Labute approximate surface area is 196 Å². The van der Waals surface area contributed by atoms with Crippen LogP contribution in [0.1, 0.15) is 54.7 Å². The zero-order valence-electron chi connectivity index (χ0n) is 17.4. The van der Waals surface area contributed by atoms with Crippen molar-refractivity contribution in [3.05, 3.63) is 69.2 Å². The highest BCUT2D eigenvalue weighted by atomic mass is 35.5. The number of Topliss-reactive ketones (excluding diaryl/α,β-unsaturated/α-hetero) is 2. The summed E-state index contributed by atoms with van der Waals surface area (Å²) in [7, 11) is 0. The van der Waals surface area contributed by atoms with E-state index in [4.69, 9.17) is 34.7 Å². The molecule has 8 heteroatoms. The fourth-order valence-corrected chi connectivity index (χ4v) is 5.69. The lowest BCUT2D eigenvalue weighted by Crippen LogP contribution is -2.54. The molecule has 2 aliphatic carbocycles. The summed E-state index contributed by atoms with van der Waals surface area (Å²) in [6.45, 7) is 0. The Morgan fingerprint density at radius 1 is 0.875 bits per heavy atom. The summed E-state index contributed by atoms with van der Waals surface area (Å²) < 4.78 is 0. The molecule has 2 aromatic carbocycles. The number of hydrogen-bond acceptors (Lipinski definition) is 6. The molecule has 0 bridgehead atoms. The zero-order chi connectivity index (χ0) is 23.3. The second-order valence-electron chi connectivity index (χ2n) is 8.95. The largest absolute Gasteiger partial charge is 0.385 e. The summed E-state index contributed by atoms with van der Waals surface area (Å²) in [4.78, 5) is 25.7. The SMILES string of the molecule is N[C@]1(c2cc(C3C[C@H](O)C(=O)[C@](N)(c4ccccc4Cl)C3)ccc2Cl)CCC[C@@H](O)C1=O. The molecule has 2 fully saturated rings. The number of benzene rings is 2. The molecule has 6 nitrogen and oxygen atoms in total. The Bertz CT molecular complexity index is 1080. The minimum Gasteiger partial charge on any atom is -0.385 e. The van der Waals surface area contributed by atoms with Gasteiger partial charge in [0.15, 0.2) is 11.6 Å². The highest BCUT2D eigenvalue weighted by molar-refractivity contribution is 6.32. The summed E-state index contributed by atoms with van der Waals surface area (Å²) >= 11 is 12.8. The minimum atomic E-state index is -1.46. The summed E-state index contributed by atoms with van der Waals surface area (Å²) in [5.74, 6) is -1.23. The van der Waals surface area contributed by atoms with Crippen LogP contribution in [0, 0.1) is 0 Å². The second-order valence-corrected chi connectivity index (χ2v) is 9.77. The van der Waals surface area contributed by atoms with Gasteiger partial charge in [0.05, 0.1) is 0 Å². The quantitative estimate of drug-likeness (QED) is 0.539. The molecule has 0 radical (unpaired) electrons. The van der Waals surface area contributed by atoms with Gasteiger partial charge < -0.3 is 21.7 Å². The van der Waals surface area contributed by atoms with Crippen LogP contribution in [0.2, 0.25) is 10.0 Å². The van der Waals surface area contributed by atoms with Crippen LogP contribution >= 0.6 is 23.2 Å². The Hall–Kier alpha value is -1.80. The van der Waals surface area contributed by atoms with Gasteiger partial charge >= 0.3 is 0 Å². The van der Waals surface area contributed by atoms with E-state index in [2.05, 4.69) is 0 Å². The van der Waals surface area contributed by atoms with Crippen molar-refractivity contribution < 1.29 is 19.8 Å². The fourth-order valence-electron chi connectivity index (χ4n) is 5.10. The van der Waals surface area contributed by atoms with E-state index >= 15 is 0 Å². The number of carbonyl (C=O) groups excluding carboxylic acids is 2. The van der Waals surface area contributed by atoms with Crippen molar-refractivity contribution in [2.45, 2.75) is 61.3 Å². The number of aliphatic hydroxyl groups is 2. The molecule has 170 valence electrons. The van der Waals surface area contributed by atoms with E-state index in [9.17, 15) is 19.8 Å². The number of nitrogens with two attached hydrogens (primary N) is 2. The van der Waals surface area contributed by atoms with E-state index in [1.54, 1.807) is 42.5 Å². The molecule has 2 aliphatic rings. The Morgan fingerprint density at radius 2 is 1.53 bits per heavy atom. The number of halogens is 2. The number of ketones is 2. The van der Waals surface area contributed by atoms with Gasteiger partial charge in [-0.1, -0.05) is 53.5 Å². The average molecular weight is 477 g/mol. The van der Waals surface area contributed by atoms with Crippen molar-refractivity contribution in [1.82, 2.24) is 0 Å². The molecule has 6 N–H and O–H groups in total. The molecule has 0 heterocycles. The van der Waals surface area contributed by atoms with Crippen molar-refractivity contribution in [1.29, 1.82) is 0 Å². The molecule has 2 aromatic rings. The predicted molar refractivity (Wildman–Crippen MR) is 122 cm³/mol. The molecule has 0 aromatic heterocycles. The first-order valence-corrected chi connectivity index (χ1v) is 11.4. The summed E-state index contributed by atoms with van der Waals surface area (Å²) in [6, 6.07) is 12.0. The maximum atomic E-state index is 12.9. The molecular formula is C24H26Cl2N2O4. The normalized spacial score (nSPS) is 33.4. The van der Waals surface area contributed by atoms with Gasteiger partial charge in [-0.2, -0.15) is 0 Å². The lowest BCUT2D eigenvalue weighted by atomic mass is 9.67. The minimum absolute atomic E-state index is 0.178. The average Bonchev–Trinajstić information content (AvgIpc) is 2.76. The van der Waals surface area contributed by atoms with Crippen LogP contribution in [0.25, 0.3) is 0 Å². The highest BCUT2D eigenvalue weighted by Crippen LogP contribution is 2.44. The van der Waals surface area contributed by atoms with Gasteiger partial charge in [-0.15, -0.1) is 0 Å². The van der Waals surface area contributed by atoms with Gasteiger partial charge in [0.1, 0.15) is 23.3 Å². The Balaban J connectivity index is 1.74. The third kappa shape index (κ3) is 3.79. The zero-order valence-corrected chi connectivity index (χ0v) is 18.9. The van der Waals surface area contributed by atoms with Crippen molar-refractivity contribution in [2.75, 3.05) is 0 Å². The van der Waals surface area contributed by atoms with E-state index in [0.29, 0.717) is 40.4 Å². The number of rotatable bonds is 3. The number of carbonyl (C=O) groups is 2. The summed E-state index contributed by atoms with van der Waals surface area (Å²) in [6.07, 6.45) is -0.644.